The molecule has 1 aromatic rings. The van der Waals surface area contributed by atoms with Gasteiger partial charge in [0.2, 0.25) is 0 Å². The quantitative estimate of drug-likeness (QED) is 0.446. The highest BCUT2D eigenvalue weighted by molar-refractivity contribution is 5.52. The second-order valence-corrected chi connectivity index (χ2v) is 3.86. The lowest BCUT2D eigenvalue weighted by atomic mass is 10.1. The van der Waals surface area contributed by atoms with Crippen LogP contribution in [-0.2, 0) is 16.4 Å². The molecule has 3 heteroatoms. The number of unbranched alkanes of at least 4 members (excludes halogenated alkanes) is 2. The Hall–Kier alpha value is -1.32. The van der Waals surface area contributed by atoms with E-state index in [0.717, 1.165) is 17.5 Å². The van der Waals surface area contributed by atoms with Crippen molar-refractivity contribution in [2.24, 2.45) is 0 Å². The van der Waals surface area contributed by atoms with Crippen molar-refractivity contribution in [3.05, 3.63) is 35.4 Å². The molecule has 0 bridgehead atoms. The maximum Gasteiger partial charge on any atom is 0.121 e. The highest BCUT2D eigenvalue weighted by atomic mass is 17.2. The maximum absolute atomic E-state index is 9.61. The summed E-state index contributed by atoms with van der Waals surface area (Å²) in [7, 11) is 1.45. The van der Waals surface area contributed by atoms with E-state index in [1.54, 1.807) is 6.07 Å². The van der Waals surface area contributed by atoms with Gasteiger partial charge in [0.25, 0.3) is 0 Å². The molecule has 0 unspecified atom stereocenters. The van der Waals surface area contributed by atoms with Crippen LogP contribution in [0.3, 0.4) is 0 Å². The van der Waals surface area contributed by atoms with Crippen LogP contribution in [0.5, 0.6) is 5.75 Å². The fourth-order valence-corrected chi connectivity index (χ4v) is 1.49. The van der Waals surface area contributed by atoms with Crippen molar-refractivity contribution in [2.45, 2.75) is 32.8 Å². The van der Waals surface area contributed by atoms with Gasteiger partial charge in [-0.3, -0.25) is 0 Å². The molecule has 1 rings (SSSR count). The second kappa shape index (κ2) is 7.87. The minimum atomic E-state index is 0.229. The molecule has 94 valence electrons. The highest BCUT2D eigenvalue weighted by Gasteiger charge is 2.01. The van der Waals surface area contributed by atoms with E-state index in [0.29, 0.717) is 0 Å². The maximum atomic E-state index is 9.61. The molecule has 0 aliphatic carbocycles. The molecule has 0 heterocycles. The van der Waals surface area contributed by atoms with Gasteiger partial charge in [0.1, 0.15) is 12.4 Å². The Labute approximate surface area is 103 Å². The van der Waals surface area contributed by atoms with Gasteiger partial charge in [-0.05, 0) is 24.1 Å². The zero-order valence-corrected chi connectivity index (χ0v) is 10.5. The monoisotopic (exact) mass is 236 g/mol. The SMILES string of the molecule is CCCCC=Cc1ccc(O)c(COOC)c1. The first-order valence-corrected chi connectivity index (χ1v) is 5.92. The predicted octanol–water partition coefficient (Wildman–Crippen LogP) is 3.67. The molecule has 1 aromatic carbocycles. The van der Waals surface area contributed by atoms with Gasteiger partial charge in [-0.1, -0.05) is 38.0 Å². The fourth-order valence-electron chi connectivity index (χ4n) is 1.49. The number of hydrogen-bond donors (Lipinski definition) is 1. The van der Waals surface area contributed by atoms with Crippen LogP contribution in [0.1, 0.15) is 37.3 Å². The number of phenols is 1. The van der Waals surface area contributed by atoms with Gasteiger partial charge in [-0.2, -0.15) is 0 Å². The van der Waals surface area contributed by atoms with E-state index in [1.807, 2.05) is 12.1 Å². The molecule has 0 radical (unpaired) electrons. The van der Waals surface area contributed by atoms with Crippen LogP contribution in [0.2, 0.25) is 0 Å². The molecule has 0 aliphatic heterocycles. The molecule has 0 saturated carbocycles. The van der Waals surface area contributed by atoms with Crippen LogP contribution in [0.25, 0.3) is 6.08 Å². The van der Waals surface area contributed by atoms with Crippen molar-refractivity contribution in [1.29, 1.82) is 0 Å². The van der Waals surface area contributed by atoms with Crippen molar-refractivity contribution in [1.82, 2.24) is 0 Å². The summed E-state index contributed by atoms with van der Waals surface area (Å²) in [5.74, 6) is 0.229. The number of allylic oxidation sites excluding steroid dienone is 1. The molecule has 0 saturated heterocycles. The molecule has 3 nitrogen and oxygen atoms in total. The first-order valence-electron chi connectivity index (χ1n) is 5.92. The van der Waals surface area contributed by atoms with Gasteiger partial charge in [-0.15, -0.1) is 0 Å². The fraction of sp³-hybridized carbons (Fsp3) is 0.429. The number of phenolic OH excluding ortho intramolecular Hbond substituents is 1. The summed E-state index contributed by atoms with van der Waals surface area (Å²) < 4.78 is 0. The van der Waals surface area contributed by atoms with Gasteiger partial charge in [-0.25, -0.2) is 9.78 Å². The van der Waals surface area contributed by atoms with Crippen LogP contribution in [0, 0.1) is 0 Å². The van der Waals surface area contributed by atoms with Gasteiger partial charge in [0, 0.05) is 5.56 Å². The summed E-state index contributed by atoms with van der Waals surface area (Å²) >= 11 is 0. The molecule has 0 fully saturated rings. The van der Waals surface area contributed by atoms with Crippen molar-refractivity contribution >= 4 is 6.08 Å². The molecular weight excluding hydrogens is 216 g/mol. The minimum Gasteiger partial charge on any atom is -0.508 e. The lowest BCUT2D eigenvalue weighted by molar-refractivity contribution is -0.282. The zero-order chi connectivity index (χ0) is 12.5. The Balaban J connectivity index is 2.64. The molecule has 0 aliphatic rings. The lowest BCUT2D eigenvalue weighted by Crippen LogP contribution is -1.92. The number of hydrogen-bond acceptors (Lipinski definition) is 3. The zero-order valence-electron chi connectivity index (χ0n) is 10.5. The van der Waals surface area contributed by atoms with Crippen molar-refractivity contribution in [2.75, 3.05) is 7.11 Å². The van der Waals surface area contributed by atoms with Crippen molar-refractivity contribution in [3.8, 4) is 5.75 Å². The summed E-state index contributed by atoms with van der Waals surface area (Å²) in [6, 6.07) is 5.46. The van der Waals surface area contributed by atoms with Crippen molar-refractivity contribution < 1.29 is 14.9 Å². The smallest absolute Gasteiger partial charge is 0.121 e. The molecule has 0 aromatic heterocycles. The first-order chi connectivity index (χ1) is 8.27. The second-order valence-electron chi connectivity index (χ2n) is 3.86. The van der Waals surface area contributed by atoms with Gasteiger partial charge < -0.3 is 5.11 Å². The van der Waals surface area contributed by atoms with E-state index in [4.69, 9.17) is 4.89 Å². The van der Waals surface area contributed by atoms with Gasteiger partial charge in [0.15, 0.2) is 0 Å². The standard InChI is InChI=1S/C14H20O3/c1-3-4-5-6-7-12-8-9-14(15)13(10-12)11-17-16-2/h6-10,15H,3-5,11H2,1-2H3. The summed E-state index contributed by atoms with van der Waals surface area (Å²) in [5.41, 5.74) is 1.79. The summed E-state index contributed by atoms with van der Waals surface area (Å²) in [6.45, 7) is 2.42. The first kappa shape index (κ1) is 13.7. The predicted molar refractivity (Wildman–Crippen MR) is 68.5 cm³/mol. The summed E-state index contributed by atoms with van der Waals surface area (Å²) in [4.78, 5) is 9.34. The third kappa shape index (κ3) is 5.02. The lowest BCUT2D eigenvalue weighted by Gasteiger charge is -2.05. The van der Waals surface area contributed by atoms with Crippen molar-refractivity contribution in [3.63, 3.8) is 0 Å². The Morgan fingerprint density at radius 1 is 1.35 bits per heavy atom. The minimum absolute atomic E-state index is 0.229. The van der Waals surface area contributed by atoms with Gasteiger partial charge >= 0.3 is 0 Å². The van der Waals surface area contributed by atoms with E-state index in [9.17, 15) is 5.11 Å². The summed E-state index contributed by atoms with van der Waals surface area (Å²) in [6.07, 6.45) is 7.70. The van der Waals surface area contributed by atoms with E-state index in [-0.39, 0.29) is 12.4 Å². The molecular formula is C14H20O3. The highest BCUT2D eigenvalue weighted by Crippen LogP contribution is 2.20. The number of aromatic hydroxyl groups is 1. The number of rotatable bonds is 7. The third-order valence-electron chi connectivity index (χ3n) is 2.47. The molecule has 1 N–H and O–H groups in total. The molecule has 0 atom stereocenters. The van der Waals surface area contributed by atoms with E-state index >= 15 is 0 Å². The Morgan fingerprint density at radius 2 is 2.18 bits per heavy atom. The molecule has 0 spiro atoms. The number of benzene rings is 1. The Morgan fingerprint density at radius 3 is 2.88 bits per heavy atom. The molecule has 0 amide bonds. The van der Waals surface area contributed by atoms with Crippen LogP contribution in [0.4, 0.5) is 0 Å². The summed E-state index contributed by atoms with van der Waals surface area (Å²) in [5, 5.41) is 9.61. The van der Waals surface area contributed by atoms with E-state index in [2.05, 4.69) is 24.0 Å². The topological polar surface area (TPSA) is 38.7 Å². The van der Waals surface area contributed by atoms with Crippen LogP contribution < -0.4 is 0 Å². The average Bonchev–Trinajstić information content (AvgIpc) is 2.35. The van der Waals surface area contributed by atoms with Crippen LogP contribution in [0.15, 0.2) is 24.3 Å². The Bertz CT molecular complexity index is 358. The van der Waals surface area contributed by atoms with E-state index < -0.39 is 0 Å². The average molecular weight is 236 g/mol. The van der Waals surface area contributed by atoms with Crippen LogP contribution in [-0.4, -0.2) is 12.2 Å². The van der Waals surface area contributed by atoms with Gasteiger partial charge in [0.05, 0.1) is 7.11 Å². The molecule has 17 heavy (non-hydrogen) atoms. The normalized spacial score (nSPS) is 11.2. The van der Waals surface area contributed by atoms with Crippen LogP contribution >= 0.6 is 0 Å². The Kier molecular flexibility index (Phi) is 6.37. The van der Waals surface area contributed by atoms with E-state index in [1.165, 1.54) is 20.0 Å². The third-order valence-corrected chi connectivity index (χ3v) is 2.47. The largest absolute Gasteiger partial charge is 0.508 e.